The zero-order valence-corrected chi connectivity index (χ0v) is 14.8. The van der Waals surface area contributed by atoms with Crippen molar-refractivity contribution in [2.45, 2.75) is 25.3 Å². The maximum absolute atomic E-state index is 13.9. The third-order valence-corrected chi connectivity index (χ3v) is 4.92. The van der Waals surface area contributed by atoms with Crippen molar-refractivity contribution in [3.05, 3.63) is 76.4 Å². The minimum absolute atomic E-state index is 0.163. The number of benzene rings is 1. The van der Waals surface area contributed by atoms with Gasteiger partial charge in [-0.15, -0.1) is 0 Å². The van der Waals surface area contributed by atoms with Gasteiger partial charge in [0.05, 0.1) is 11.9 Å². The van der Waals surface area contributed by atoms with Crippen LogP contribution in [0.2, 0.25) is 0 Å². The third kappa shape index (κ3) is 4.09. The van der Waals surface area contributed by atoms with E-state index in [1.165, 1.54) is 6.07 Å². The summed E-state index contributed by atoms with van der Waals surface area (Å²) < 4.78 is 13.9. The highest BCUT2D eigenvalue weighted by Gasteiger charge is 2.23. The zero-order chi connectivity index (χ0) is 18.6. The number of rotatable bonds is 4. The van der Waals surface area contributed by atoms with Crippen LogP contribution >= 0.6 is 0 Å². The van der Waals surface area contributed by atoms with Gasteiger partial charge in [0.15, 0.2) is 5.82 Å². The van der Waals surface area contributed by atoms with Gasteiger partial charge in [0.1, 0.15) is 11.5 Å². The molecule has 1 saturated heterocycles. The number of likely N-dealkylation sites (tertiary alicyclic amines) is 1. The molecule has 0 unspecified atom stereocenters. The first-order valence-electron chi connectivity index (χ1n) is 9.02. The molecular formula is C20H20FN5O. The molecule has 3 heterocycles. The van der Waals surface area contributed by atoms with Crippen molar-refractivity contribution in [2.75, 3.05) is 13.1 Å². The van der Waals surface area contributed by atoms with E-state index in [0.717, 1.165) is 37.2 Å². The number of aromatic nitrogens is 4. The second-order valence-corrected chi connectivity index (χ2v) is 6.75. The van der Waals surface area contributed by atoms with Crippen molar-refractivity contribution in [3.8, 4) is 11.5 Å². The average Bonchev–Trinajstić information content (AvgIpc) is 2.70. The predicted octanol–water partition coefficient (Wildman–Crippen LogP) is 2.75. The molecular weight excluding hydrogens is 345 g/mol. The second-order valence-electron chi connectivity index (χ2n) is 6.75. The highest BCUT2D eigenvalue weighted by atomic mass is 19.1. The molecule has 1 N–H and O–H groups in total. The maximum atomic E-state index is 13.9. The molecule has 27 heavy (non-hydrogen) atoms. The summed E-state index contributed by atoms with van der Waals surface area (Å²) in [5.74, 6) is 0.489. The quantitative estimate of drug-likeness (QED) is 0.769. The van der Waals surface area contributed by atoms with E-state index < -0.39 is 0 Å². The molecule has 0 amide bonds. The fraction of sp³-hybridized carbons (Fsp3) is 0.300. The van der Waals surface area contributed by atoms with Crippen molar-refractivity contribution in [2.24, 2.45) is 0 Å². The van der Waals surface area contributed by atoms with Gasteiger partial charge in [0.25, 0.3) is 5.56 Å². The smallest absolute Gasteiger partial charge is 0.251 e. The van der Waals surface area contributed by atoms with Gasteiger partial charge in [0, 0.05) is 36.5 Å². The Balaban J connectivity index is 1.46. The number of nitrogens with one attached hydrogen (secondary N) is 1. The fourth-order valence-electron chi connectivity index (χ4n) is 3.48. The molecule has 0 spiro atoms. The average molecular weight is 365 g/mol. The van der Waals surface area contributed by atoms with Crippen molar-refractivity contribution in [1.82, 2.24) is 24.8 Å². The Hall–Kier alpha value is -2.93. The van der Waals surface area contributed by atoms with Crippen LogP contribution in [0.1, 0.15) is 30.0 Å². The van der Waals surface area contributed by atoms with Crippen LogP contribution in [-0.2, 0) is 6.54 Å². The highest BCUT2D eigenvalue weighted by Crippen LogP contribution is 2.27. The standard InChI is InChI=1S/C20H20FN5O/c21-16-4-2-1-3-15(16)13-26-9-5-14(6-10-26)17-11-19(27)25-20(24-17)18-12-22-7-8-23-18/h1-4,7-8,11-12,14H,5-6,9-10,13H2,(H,24,25,27). The van der Waals surface area contributed by atoms with Crippen LogP contribution in [0.4, 0.5) is 4.39 Å². The van der Waals surface area contributed by atoms with Crippen LogP contribution < -0.4 is 5.56 Å². The molecule has 1 aromatic carbocycles. The first kappa shape index (κ1) is 17.5. The lowest BCUT2D eigenvalue weighted by Gasteiger charge is -2.31. The monoisotopic (exact) mass is 365 g/mol. The Morgan fingerprint density at radius 1 is 1.19 bits per heavy atom. The molecule has 138 valence electrons. The van der Waals surface area contributed by atoms with Gasteiger partial charge in [-0.05, 0) is 32.0 Å². The second kappa shape index (κ2) is 7.75. The van der Waals surface area contributed by atoms with Gasteiger partial charge >= 0.3 is 0 Å². The van der Waals surface area contributed by atoms with Crippen molar-refractivity contribution in [1.29, 1.82) is 0 Å². The SMILES string of the molecule is O=c1cc(C2CCN(Cc3ccccc3F)CC2)nc(-c2cnccn2)[nH]1. The summed E-state index contributed by atoms with van der Waals surface area (Å²) in [4.78, 5) is 29.9. The molecule has 4 rings (SSSR count). The summed E-state index contributed by atoms with van der Waals surface area (Å²) in [6, 6.07) is 8.46. The zero-order valence-electron chi connectivity index (χ0n) is 14.8. The van der Waals surface area contributed by atoms with E-state index in [2.05, 4.69) is 24.8 Å². The molecule has 7 heteroatoms. The first-order chi connectivity index (χ1) is 13.2. The van der Waals surface area contributed by atoms with Crippen LogP contribution in [0.25, 0.3) is 11.5 Å². The summed E-state index contributed by atoms with van der Waals surface area (Å²) in [5.41, 5.74) is 1.86. The normalized spacial score (nSPS) is 15.7. The van der Waals surface area contributed by atoms with Gasteiger partial charge in [-0.1, -0.05) is 18.2 Å². The van der Waals surface area contributed by atoms with E-state index in [0.29, 0.717) is 18.1 Å². The summed E-state index contributed by atoms with van der Waals surface area (Å²) >= 11 is 0. The number of nitrogens with zero attached hydrogens (tertiary/aromatic N) is 4. The van der Waals surface area contributed by atoms with E-state index in [4.69, 9.17) is 0 Å². The molecule has 0 bridgehead atoms. The van der Waals surface area contributed by atoms with Gasteiger partial charge in [-0.2, -0.15) is 0 Å². The molecule has 0 aliphatic carbocycles. The molecule has 0 atom stereocenters. The molecule has 0 radical (unpaired) electrons. The largest absolute Gasteiger partial charge is 0.305 e. The third-order valence-electron chi connectivity index (χ3n) is 4.92. The number of H-pyrrole nitrogens is 1. The van der Waals surface area contributed by atoms with Crippen LogP contribution in [0.5, 0.6) is 0 Å². The van der Waals surface area contributed by atoms with Crippen LogP contribution in [0, 0.1) is 5.82 Å². The molecule has 1 aliphatic rings. The fourth-order valence-corrected chi connectivity index (χ4v) is 3.48. The van der Waals surface area contributed by atoms with Gasteiger partial charge in [-0.3, -0.25) is 14.7 Å². The van der Waals surface area contributed by atoms with Crippen molar-refractivity contribution < 1.29 is 4.39 Å². The number of aromatic amines is 1. The lowest BCUT2D eigenvalue weighted by Crippen LogP contribution is -2.33. The molecule has 0 saturated carbocycles. The molecule has 6 nitrogen and oxygen atoms in total. The van der Waals surface area contributed by atoms with Gasteiger partial charge in [0.2, 0.25) is 0 Å². The summed E-state index contributed by atoms with van der Waals surface area (Å²) in [5, 5.41) is 0. The number of hydrogen-bond donors (Lipinski definition) is 1. The van der Waals surface area contributed by atoms with E-state index in [-0.39, 0.29) is 17.3 Å². The Labute approximate surface area is 156 Å². The summed E-state index contributed by atoms with van der Waals surface area (Å²) in [6.45, 7) is 2.29. The van der Waals surface area contributed by atoms with Crippen LogP contribution in [0.3, 0.4) is 0 Å². The molecule has 1 fully saturated rings. The minimum atomic E-state index is -0.186. The number of halogens is 1. The Kier molecular flexibility index (Phi) is 5.02. The number of piperidine rings is 1. The van der Waals surface area contributed by atoms with Crippen molar-refractivity contribution >= 4 is 0 Å². The van der Waals surface area contributed by atoms with E-state index >= 15 is 0 Å². The lowest BCUT2D eigenvalue weighted by atomic mass is 9.93. The van der Waals surface area contributed by atoms with Gasteiger partial charge < -0.3 is 4.98 Å². The van der Waals surface area contributed by atoms with Crippen LogP contribution in [0.15, 0.2) is 53.7 Å². The minimum Gasteiger partial charge on any atom is -0.305 e. The van der Waals surface area contributed by atoms with Crippen molar-refractivity contribution in [3.63, 3.8) is 0 Å². The van der Waals surface area contributed by atoms with Crippen LogP contribution in [-0.4, -0.2) is 37.9 Å². The Morgan fingerprint density at radius 2 is 2.00 bits per heavy atom. The topological polar surface area (TPSA) is 74.8 Å². The predicted molar refractivity (Wildman–Crippen MR) is 99.5 cm³/mol. The first-order valence-corrected chi connectivity index (χ1v) is 9.02. The Bertz CT molecular complexity index is 967. The number of hydrogen-bond acceptors (Lipinski definition) is 5. The highest BCUT2D eigenvalue weighted by molar-refractivity contribution is 5.46. The van der Waals surface area contributed by atoms with E-state index in [9.17, 15) is 9.18 Å². The Morgan fingerprint density at radius 3 is 2.74 bits per heavy atom. The summed E-state index contributed by atoms with van der Waals surface area (Å²) in [6.07, 6.45) is 6.49. The maximum Gasteiger partial charge on any atom is 0.251 e. The molecule has 2 aromatic heterocycles. The van der Waals surface area contributed by atoms with E-state index in [1.54, 1.807) is 30.7 Å². The molecule has 1 aliphatic heterocycles. The lowest BCUT2D eigenvalue weighted by molar-refractivity contribution is 0.201. The summed E-state index contributed by atoms with van der Waals surface area (Å²) in [7, 11) is 0. The van der Waals surface area contributed by atoms with E-state index in [1.807, 2.05) is 12.1 Å². The van der Waals surface area contributed by atoms with Gasteiger partial charge in [-0.25, -0.2) is 14.4 Å². The molecule has 3 aromatic rings.